The molecule has 24 heavy (non-hydrogen) atoms. The maximum absolute atomic E-state index is 12.7. The largest absolute Gasteiger partial charge is 0.464 e. The maximum Gasteiger partial charge on any atom is 0.312 e. The molecule has 1 N–H and O–H groups in total. The average Bonchev–Trinajstić information content (AvgIpc) is 2.46. The van der Waals surface area contributed by atoms with E-state index in [-0.39, 0.29) is 17.5 Å². The van der Waals surface area contributed by atoms with Crippen LogP contribution >= 0.6 is 0 Å². The smallest absolute Gasteiger partial charge is 0.312 e. The fraction of sp³-hybridized carbons (Fsp3) is 0.941. The quantitative estimate of drug-likeness (QED) is 0.742. The number of nitrogens with zero attached hydrogens (tertiary/aromatic N) is 1. The Hall–Kier alpha value is -0.660. The van der Waals surface area contributed by atoms with Crippen molar-refractivity contribution < 1.29 is 23.1 Å². The summed E-state index contributed by atoms with van der Waals surface area (Å²) in [6.07, 6.45) is 5.15. The van der Waals surface area contributed by atoms with E-state index in [2.05, 4.69) is 0 Å². The van der Waals surface area contributed by atoms with Crippen LogP contribution in [-0.2, 0) is 19.4 Å². The zero-order valence-corrected chi connectivity index (χ0v) is 14.9. The highest BCUT2D eigenvalue weighted by Gasteiger charge is 2.60. The molecule has 136 valence electrons. The number of carbonyl (C=O) groups excluding carboxylic acids is 1. The van der Waals surface area contributed by atoms with Gasteiger partial charge in [0.2, 0.25) is 0 Å². The molecular weight excluding hydrogens is 330 g/mol. The average molecular weight is 357 g/mol. The normalized spacial score (nSPS) is 43.7. The van der Waals surface area contributed by atoms with E-state index in [0.717, 1.165) is 32.1 Å². The molecule has 1 heterocycles. The van der Waals surface area contributed by atoms with Gasteiger partial charge in [-0.2, -0.15) is 0 Å². The topological polar surface area (TPSA) is 83.9 Å². The van der Waals surface area contributed by atoms with Crippen LogP contribution in [0.4, 0.5) is 0 Å². The van der Waals surface area contributed by atoms with E-state index >= 15 is 0 Å². The van der Waals surface area contributed by atoms with Crippen LogP contribution in [0.3, 0.4) is 0 Å². The number of ether oxygens (including phenoxy) is 1. The summed E-state index contributed by atoms with van der Waals surface area (Å²) in [7, 11) is -2.87. The van der Waals surface area contributed by atoms with Crippen molar-refractivity contribution in [2.45, 2.75) is 44.1 Å². The molecule has 4 bridgehead atoms. The van der Waals surface area contributed by atoms with E-state index in [1.165, 1.54) is 0 Å². The molecule has 6 nitrogen and oxygen atoms in total. The Kier molecular flexibility index (Phi) is 3.97. The second kappa shape index (κ2) is 5.68. The SMILES string of the molecule is O=C(OCCN1CCS(=O)(=O)CC1)C12CC3CC(CC(O)(C3)C1)C2. The van der Waals surface area contributed by atoms with Gasteiger partial charge in [-0.05, 0) is 50.4 Å². The molecule has 0 aromatic heterocycles. The van der Waals surface area contributed by atoms with Gasteiger partial charge in [0.25, 0.3) is 0 Å². The summed E-state index contributed by atoms with van der Waals surface area (Å²) in [4.78, 5) is 14.8. The van der Waals surface area contributed by atoms with Gasteiger partial charge in [-0.15, -0.1) is 0 Å². The fourth-order valence-electron chi connectivity index (χ4n) is 5.85. The van der Waals surface area contributed by atoms with Crippen LogP contribution < -0.4 is 0 Å². The van der Waals surface area contributed by atoms with E-state index < -0.39 is 20.9 Å². The summed E-state index contributed by atoms with van der Waals surface area (Å²) < 4.78 is 28.4. The predicted molar refractivity (Wildman–Crippen MR) is 88.1 cm³/mol. The van der Waals surface area contributed by atoms with Crippen LogP contribution in [0.25, 0.3) is 0 Å². The molecular formula is C17H27NO5S. The Morgan fingerprint density at radius 1 is 1.12 bits per heavy atom. The lowest BCUT2D eigenvalue weighted by molar-refractivity contribution is -0.196. The van der Waals surface area contributed by atoms with Crippen LogP contribution in [0.15, 0.2) is 0 Å². The highest BCUT2D eigenvalue weighted by molar-refractivity contribution is 7.91. The van der Waals surface area contributed by atoms with Crippen molar-refractivity contribution >= 4 is 15.8 Å². The first kappa shape index (κ1) is 16.8. The molecule has 1 aliphatic heterocycles. The number of hydrogen-bond acceptors (Lipinski definition) is 6. The van der Waals surface area contributed by atoms with Crippen molar-refractivity contribution in [3.63, 3.8) is 0 Å². The Morgan fingerprint density at radius 2 is 1.75 bits per heavy atom. The second-order valence-corrected chi connectivity index (χ2v) is 10.9. The van der Waals surface area contributed by atoms with E-state index in [1.54, 1.807) is 0 Å². The van der Waals surface area contributed by atoms with E-state index in [9.17, 15) is 18.3 Å². The second-order valence-electron chi connectivity index (χ2n) is 8.60. The van der Waals surface area contributed by atoms with Crippen molar-refractivity contribution in [2.75, 3.05) is 37.7 Å². The number of sulfone groups is 1. The van der Waals surface area contributed by atoms with E-state index in [0.29, 0.717) is 44.5 Å². The molecule has 5 fully saturated rings. The first-order chi connectivity index (χ1) is 11.3. The molecule has 2 atom stereocenters. The van der Waals surface area contributed by atoms with Gasteiger partial charge in [0.1, 0.15) is 6.61 Å². The van der Waals surface area contributed by atoms with Crippen molar-refractivity contribution in [3.8, 4) is 0 Å². The molecule has 0 spiro atoms. The summed E-state index contributed by atoms with van der Waals surface area (Å²) in [6, 6.07) is 0. The molecule has 0 aromatic carbocycles. The lowest BCUT2D eigenvalue weighted by Gasteiger charge is -2.58. The van der Waals surface area contributed by atoms with Gasteiger partial charge in [0.15, 0.2) is 9.84 Å². The summed E-state index contributed by atoms with van der Waals surface area (Å²) in [5.74, 6) is 1.19. The third-order valence-electron chi connectivity index (χ3n) is 6.54. The molecule has 5 aliphatic rings. The predicted octanol–water partition coefficient (Wildman–Crippen LogP) is 0.591. The Bertz CT molecular complexity index is 603. The Labute approximate surface area is 143 Å². The van der Waals surface area contributed by atoms with Crippen molar-refractivity contribution in [1.82, 2.24) is 4.90 Å². The van der Waals surface area contributed by atoms with Crippen molar-refractivity contribution in [1.29, 1.82) is 0 Å². The molecule has 0 radical (unpaired) electrons. The summed E-state index contributed by atoms with van der Waals surface area (Å²) >= 11 is 0. The van der Waals surface area contributed by atoms with E-state index in [4.69, 9.17) is 4.74 Å². The number of esters is 1. The van der Waals surface area contributed by atoms with E-state index in [1.807, 2.05) is 4.90 Å². The summed E-state index contributed by atoms with van der Waals surface area (Å²) in [5, 5.41) is 10.7. The minimum Gasteiger partial charge on any atom is -0.464 e. The molecule has 2 unspecified atom stereocenters. The fourth-order valence-corrected chi connectivity index (χ4v) is 7.12. The number of aliphatic hydroxyl groups is 1. The van der Waals surface area contributed by atoms with Crippen LogP contribution in [0.5, 0.6) is 0 Å². The first-order valence-corrected chi connectivity index (χ1v) is 10.9. The highest BCUT2D eigenvalue weighted by Crippen LogP contribution is 2.61. The maximum atomic E-state index is 12.7. The van der Waals surface area contributed by atoms with Gasteiger partial charge in [0.05, 0.1) is 22.5 Å². The first-order valence-electron chi connectivity index (χ1n) is 9.10. The molecule has 4 aliphatic carbocycles. The molecule has 7 heteroatoms. The summed E-state index contributed by atoms with van der Waals surface area (Å²) in [6.45, 7) is 1.95. The minimum atomic E-state index is -2.87. The van der Waals surface area contributed by atoms with Crippen LogP contribution in [0.2, 0.25) is 0 Å². The van der Waals surface area contributed by atoms with Gasteiger partial charge in [-0.25, -0.2) is 8.42 Å². The van der Waals surface area contributed by atoms with Gasteiger partial charge >= 0.3 is 5.97 Å². The van der Waals surface area contributed by atoms with Crippen molar-refractivity contribution in [2.24, 2.45) is 17.3 Å². The van der Waals surface area contributed by atoms with Gasteiger partial charge in [-0.1, -0.05) is 0 Å². The Morgan fingerprint density at radius 3 is 2.33 bits per heavy atom. The molecule has 0 amide bonds. The zero-order chi connectivity index (χ0) is 17.0. The Balaban J connectivity index is 1.31. The third kappa shape index (κ3) is 3.10. The lowest BCUT2D eigenvalue weighted by Crippen LogP contribution is -2.58. The monoisotopic (exact) mass is 357 g/mol. The number of rotatable bonds is 4. The standard InChI is InChI=1S/C17H27NO5S/c19-15(23-4-1-18-2-5-24(21,22)6-3-18)16-8-13-7-14(9-16)11-17(20,10-13)12-16/h13-14,20H,1-12H2. The number of carbonyl (C=O) groups is 1. The van der Waals surface area contributed by atoms with Gasteiger partial charge < -0.3 is 9.84 Å². The number of hydrogen-bond donors (Lipinski definition) is 1. The minimum absolute atomic E-state index is 0.139. The molecule has 1 saturated heterocycles. The molecule has 5 rings (SSSR count). The highest BCUT2D eigenvalue weighted by atomic mass is 32.2. The zero-order valence-electron chi connectivity index (χ0n) is 14.1. The van der Waals surface area contributed by atoms with Crippen LogP contribution in [-0.4, -0.2) is 67.7 Å². The van der Waals surface area contributed by atoms with Crippen molar-refractivity contribution in [3.05, 3.63) is 0 Å². The molecule has 4 saturated carbocycles. The lowest BCUT2D eigenvalue weighted by atomic mass is 9.48. The molecule has 0 aromatic rings. The summed E-state index contributed by atoms with van der Waals surface area (Å²) in [5.41, 5.74) is -1.12. The third-order valence-corrected chi connectivity index (χ3v) is 8.15. The van der Waals surface area contributed by atoms with Crippen LogP contribution in [0.1, 0.15) is 38.5 Å². The van der Waals surface area contributed by atoms with Gasteiger partial charge in [-0.3, -0.25) is 9.69 Å². The van der Waals surface area contributed by atoms with Gasteiger partial charge in [0, 0.05) is 19.6 Å². The van der Waals surface area contributed by atoms with Crippen LogP contribution in [0, 0.1) is 17.3 Å².